The summed E-state index contributed by atoms with van der Waals surface area (Å²) in [6, 6.07) is 12.2. The normalized spacial score (nSPS) is 11.8. The quantitative estimate of drug-likeness (QED) is 0.648. The fourth-order valence-corrected chi connectivity index (χ4v) is 2.08. The van der Waals surface area contributed by atoms with E-state index in [4.69, 9.17) is 9.84 Å². The third-order valence-electron chi connectivity index (χ3n) is 3.09. The van der Waals surface area contributed by atoms with Crippen LogP contribution in [-0.2, 0) is 4.79 Å². The summed E-state index contributed by atoms with van der Waals surface area (Å²) in [5.74, 6) is -1.81. The van der Waals surface area contributed by atoms with Gasteiger partial charge in [0.05, 0.1) is 6.26 Å². The summed E-state index contributed by atoms with van der Waals surface area (Å²) in [5, 5.41) is 10.6. The van der Waals surface area contributed by atoms with Gasteiger partial charge >= 0.3 is 5.97 Å². The Kier molecular flexibility index (Phi) is 2.84. The van der Waals surface area contributed by atoms with Gasteiger partial charge < -0.3 is 9.84 Å². The van der Waals surface area contributed by atoms with Crippen LogP contribution in [0.1, 0.15) is 15.9 Å². The number of aliphatic carboxylic acids is 1. The highest BCUT2D eigenvalue weighted by Gasteiger charge is 2.16. The molecule has 1 aliphatic heterocycles. The Labute approximate surface area is 114 Å². The standard InChI is InChI=1S/C16H10O4/c17-15(16(18)19)11-5-6-14-13(8-11)7-10-3-1-2-4-12(10)9-20-14/h1-9H,(H,18,19). The summed E-state index contributed by atoms with van der Waals surface area (Å²) in [7, 11) is 0. The molecule has 98 valence electrons. The van der Waals surface area contributed by atoms with Gasteiger partial charge in [0.15, 0.2) is 0 Å². The molecular weight excluding hydrogens is 256 g/mol. The van der Waals surface area contributed by atoms with Crippen molar-refractivity contribution in [3.8, 4) is 5.75 Å². The monoisotopic (exact) mass is 266 g/mol. The van der Waals surface area contributed by atoms with E-state index in [9.17, 15) is 9.59 Å². The van der Waals surface area contributed by atoms with Crippen LogP contribution in [0.4, 0.5) is 0 Å². The van der Waals surface area contributed by atoms with Crippen molar-refractivity contribution in [2.45, 2.75) is 0 Å². The van der Waals surface area contributed by atoms with Crippen LogP contribution >= 0.6 is 0 Å². The zero-order valence-electron chi connectivity index (χ0n) is 10.4. The van der Waals surface area contributed by atoms with Crippen molar-refractivity contribution in [3.63, 3.8) is 0 Å². The summed E-state index contributed by atoms with van der Waals surface area (Å²) in [5.41, 5.74) is 0.814. The highest BCUT2D eigenvalue weighted by molar-refractivity contribution is 6.39. The lowest BCUT2D eigenvalue weighted by Crippen LogP contribution is -2.23. The first-order valence-corrected chi connectivity index (χ1v) is 6.00. The zero-order valence-corrected chi connectivity index (χ0v) is 10.4. The molecule has 0 amide bonds. The summed E-state index contributed by atoms with van der Waals surface area (Å²) < 4.78 is 5.56. The fraction of sp³-hybridized carbons (Fsp3) is 0. The van der Waals surface area contributed by atoms with Gasteiger partial charge in [-0.1, -0.05) is 24.3 Å². The van der Waals surface area contributed by atoms with Crippen LogP contribution in [0.2, 0.25) is 0 Å². The van der Waals surface area contributed by atoms with Gasteiger partial charge in [0.2, 0.25) is 0 Å². The molecule has 0 radical (unpaired) electrons. The lowest BCUT2D eigenvalue weighted by atomic mass is 10.0. The van der Waals surface area contributed by atoms with Gasteiger partial charge in [-0.15, -0.1) is 0 Å². The first kappa shape index (κ1) is 12.2. The Hall–Kier alpha value is -2.88. The molecule has 0 spiro atoms. The SMILES string of the molecule is O=C(O)C(=O)c1ccc2c(c1)C=c1ccccc1=CO2. The van der Waals surface area contributed by atoms with Crippen LogP contribution in [0.3, 0.4) is 0 Å². The van der Waals surface area contributed by atoms with Crippen molar-refractivity contribution in [1.29, 1.82) is 0 Å². The van der Waals surface area contributed by atoms with Gasteiger partial charge in [0.1, 0.15) is 5.75 Å². The second-order valence-corrected chi connectivity index (χ2v) is 4.40. The second-order valence-electron chi connectivity index (χ2n) is 4.40. The molecule has 20 heavy (non-hydrogen) atoms. The Morgan fingerprint density at radius 3 is 2.50 bits per heavy atom. The Balaban J connectivity index is 2.18. The number of benzene rings is 2. The number of hydrogen-bond donors (Lipinski definition) is 1. The van der Waals surface area contributed by atoms with Gasteiger partial charge in [-0.3, -0.25) is 4.79 Å². The van der Waals surface area contributed by atoms with Crippen LogP contribution < -0.4 is 15.2 Å². The van der Waals surface area contributed by atoms with Crippen LogP contribution in [-0.4, -0.2) is 16.9 Å². The number of ketones is 1. The van der Waals surface area contributed by atoms with E-state index in [0.29, 0.717) is 11.3 Å². The number of hydrogen-bond acceptors (Lipinski definition) is 3. The predicted octanol–water partition coefficient (Wildman–Crippen LogP) is 0.913. The molecule has 0 aliphatic carbocycles. The van der Waals surface area contributed by atoms with Crippen LogP contribution in [0, 0.1) is 0 Å². The summed E-state index contributed by atoms with van der Waals surface area (Å²) in [6.07, 6.45) is 3.50. The molecule has 0 saturated carbocycles. The molecule has 3 rings (SSSR count). The lowest BCUT2D eigenvalue weighted by molar-refractivity contribution is -0.131. The summed E-state index contributed by atoms with van der Waals surface area (Å²) >= 11 is 0. The third kappa shape index (κ3) is 2.07. The number of carboxylic acid groups (broad SMARTS) is 1. The minimum Gasteiger partial charge on any atom is -0.475 e. The average Bonchev–Trinajstić information content (AvgIpc) is 2.64. The highest BCUT2D eigenvalue weighted by Crippen LogP contribution is 2.22. The predicted molar refractivity (Wildman–Crippen MR) is 72.8 cm³/mol. The van der Waals surface area contributed by atoms with E-state index < -0.39 is 11.8 Å². The van der Waals surface area contributed by atoms with E-state index in [-0.39, 0.29) is 5.56 Å². The number of carbonyl (C=O) groups is 2. The molecule has 4 nitrogen and oxygen atoms in total. The van der Waals surface area contributed by atoms with Crippen molar-refractivity contribution < 1.29 is 19.4 Å². The van der Waals surface area contributed by atoms with E-state index in [1.807, 2.05) is 30.3 Å². The van der Waals surface area contributed by atoms with E-state index >= 15 is 0 Å². The Morgan fingerprint density at radius 1 is 1.00 bits per heavy atom. The van der Waals surface area contributed by atoms with Crippen LogP contribution in [0.5, 0.6) is 5.75 Å². The minimum atomic E-state index is -1.47. The maximum atomic E-state index is 11.5. The molecule has 0 unspecified atom stereocenters. The van der Waals surface area contributed by atoms with Crippen molar-refractivity contribution in [2.75, 3.05) is 0 Å². The number of carboxylic acids is 1. The number of carbonyl (C=O) groups excluding carboxylic acids is 1. The van der Waals surface area contributed by atoms with Gasteiger partial charge in [-0.2, -0.15) is 0 Å². The average molecular weight is 266 g/mol. The van der Waals surface area contributed by atoms with Gasteiger partial charge in [0, 0.05) is 16.3 Å². The molecule has 0 aromatic heterocycles. The summed E-state index contributed by atoms with van der Waals surface area (Å²) in [4.78, 5) is 22.2. The maximum absolute atomic E-state index is 11.5. The summed E-state index contributed by atoms with van der Waals surface area (Å²) in [6.45, 7) is 0. The number of fused-ring (bicyclic) bond motifs is 2. The second kappa shape index (κ2) is 4.66. The van der Waals surface area contributed by atoms with Crippen molar-refractivity contribution >= 4 is 24.1 Å². The van der Waals surface area contributed by atoms with Crippen LogP contribution in [0.15, 0.2) is 42.5 Å². The number of Topliss-reactive ketones (excluding diaryl/α,β-unsaturated/α-hetero) is 1. The maximum Gasteiger partial charge on any atom is 0.377 e. The van der Waals surface area contributed by atoms with E-state index in [1.165, 1.54) is 12.1 Å². The van der Waals surface area contributed by atoms with Gasteiger partial charge in [-0.05, 0) is 29.5 Å². The molecule has 0 bridgehead atoms. The Bertz CT molecular complexity index is 834. The molecule has 0 atom stereocenters. The molecule has 0 fully saturated rings. The number of rotatable bonds is 2. The van der Waals surface area contributed by atoms with Crippen molar-refractivity contribution in [3.05, 3.63) is 64.0 Å². The zero-order chi connectivity index (χ0) is 14.1. The first-order valence-electron chi connectivity index (χ1n) is 6.00. The number of ether oxygens (including phenoxy) is 1. The molecular formula is C16H10O4. The molecule has 1 heterocycles. The third-order valence-corrected chi connectivity index (χ3v) is 3.09. The molecule has 2 aromatic carbocycles. The van der Waals surface area contributed by atoms with Crippen molar-refractivity contribution in [1.82, 2.24) is 0 Å². The van der Waals surface area contributed by atoms with Gasteiger partial charge in [0.25, 0.3) is 5.78 Å². The Morgan fingerprint density at radius 2 is 1.75 bits per heavy atom. The van der Waals surface area contributed by atoms with E-state index in [2.05, 4.69) is 0 Å². The van der Waals surface area contributed by atoms with Crippen LogP contribution in [0.25, 0.3) is 12.3 Å². The molecule has 4 heteroatoms. The minimum absolute atomic E-state index is 0.135. The van der Waals surface area contributed by atoms with Gasteiger partial charge in [-0.25, -0.2) is 4.79 Å². The molecule has 1 N–H and O–H groups in total. The smallest absolute Gasteiger partial charge is 0.377 e. The van der Waals surface area contributed by atoms with Crippen molar-refractivity contribution in [2.24, 2.45) is 0 Å². The largest absolute Gasteiger partial charge is 0.475 e. The topological polar surface area (TPSA) is 63.6 Å². The highest BCUT2D eigenvalue weighted by atomic mass is 16.5. The fourth-order valence-electron chi connectivity index (χ4n) is 2.08. The molecule has 1 aliphatic rings. The lowest BCUT2D eigenvalue weighted by Gasteiger charge is -2.05. The molecule has 2 aromatic rings. The first-order chi connectivity index (χ1) is 9.65. The molecule has 0 saturated heterocycles. The van der Waals surface area contributed by atoms with E-state index in [1.54, 1.807) is 12.3 Å². The van der Waals surface area contributed by atoms with E-state index in [0.717, 1.165) is 10.4 Å².